The molecule has 0 aromatic carbocycles. The highest BCUT2D eigenvalue weighted by molar-refractivity contribution is 5.70. The maximum atomic E-state index is 13.1. The van der Waals surface area contributed by atoms with Crippen molar-refractivity contribution in [3.05, 3.63) is 0 Å². The standard InChI is InChI=1S/C40H76O7/c1-11-13-15-17-19-25-35(27-29-37(42)47-40(9,10)31-21-23-33(5)6)45-38(43)44-34(24-18-16-14-12-2)26-28-36(41)46-39(7,8)30-20-22-32(3)4/h32-35H,11-31H2,1-10H3. The Labute approximate surface area is 290 Å². The second kappa shape index (κ2) is 26.1. The van der Waals surface area contributed by atoms with Crippen LogP contribution in [0.5, 0.6) is 0 Å². The highest BCUT2D eigenvalue weighted by Crippen LogP contribution is 2.24. The molecular weight excluding hydrogens is 592 g/mol. The van der Waals surface area contributed by atoms with Crippen molar-refractivity contribution in [1.29, 1.82) is 0 Å². The van der Waals surface area contributed by atoms with Gasteiger partial charge in [0.25, 0.3) is 0 Å². The van der Waals surface area contributed by atoms with Crippen molar-refractivity contribution in [3.63, 3.8) is 0 Å². The van der Waals surface area contributed by atoms with Gasteiger partial charge in [0, 0.05) is 12.8 Å². The van der Waals surface area contributed by atoms with E-state index in [1.54, 1.807) is 0 Å². The molecule has 0 aliphatic heterocycles. The average Bonchev–Trinajstić information content (AvgIpc) is 2.95. The lowest BCUT2D eigenvalue weighted by Crippen LogP contribution is -2.30. The molecule has 2 atom stereocenters. The molecule has 0 N–H and O–H groups in total. The lowest BCUT2D eigenvalue weighted by molar-refractivity contribution is -0.158. The predicted octanol–water partition coefficient (Wildman–Crippen LogP) is 12.1. The molecule has 0 aliphatic carbocycles. The van der Waals surface area contributed by atoms with E-state index in [-0.39, 0.29) is 24.8 Å². The summed E-state index contributed by atoms with van der Waals surface area (Å²) in [6.45, 7) is 21.0. The number of hydrogen-bond acceptors (Lipinski definition) is 7. The van der Waals surface area contributed by atoms with Gasteiger partial charge in [-0.25, -0.2) is 4.79 Å². The summed E-state index contributed by atoms with van der Waals surface area (Å²) in [6, 6.07) is 0. The van der Waals surface area contributed by atoms with Crippen molar-refractivity contribution < 1.29 is 33.3 Å². The van der Waals surface area contributed by atoms with Gasteiger partial charge in [-0.05, 0) is 104 Å². The van der Waals surface area contributed by atoms with E-state index in [4.69, 9.17) is 18.9 Å². The zero-order chi connectivity index (χ0) is 35.7. The Bertz CT molecular complexity index is 817. The summed E-state index contributed by atoms with van der Waals surface area (Å²) < 4.78 is 23.3. The van der Waals surface area contributed by atoms with Gasteiger partial charge >= 0.3 is 18.1 Å². The lowest BCUT2D eigenvalue weighted by Gasteiger charge is -2.26. The van der Waals surface area contributed by atoms with Crippen LogP contribution in [0.3, 0.4) is 0 Å². The molecule has 0 saturated carbocycles. The number of carbonyl (C=O) groups is 3. The fourth-order valence-electron chi connectivity index (χ4n) is 5.85. The van der Waals surface area contributed by atoms with E-state index in [1.165, 1.54) is 6.42 Å². The van der Waals surface area contributed by atoms with Gasteiger partial charge in [-0.1, -0.05) is 99.3 Å². The summed E-state index contributed by atoms with van der Waals surface area (Å²) in [5.41, 5.74) is -1.03. The molecule has 0 aromatic heterocycles. The van der Waals surface area contributed by atoms with E-state index < -0.39 is 29.6 Å². The molecule has 7 nitrogen and oxygen atoms in total. The van der Waals surface area contributed by atoms with Crippen molar-refractivity contribution in [2.75, 3.05) is 0 Å². The zero-order valence-electron chi connectivity index (χ0n) is 32.5. The SMILES string of the molecule is CCCCCCCC(CCC(=O)OC(C)(C)CCCC(C)C)OC(=O)OC(CCCCCC)CCC(=O)OC(C)(C)CCCC(C)C. The van der Waals surface area contributed by atoms with Crippen LogP contribution in [0.1, 0.15) is 204 Å². The van der Waals surface area contributed by atoms with E-state index in [0.29, 0.717) is 37.5 Å². The van der Waals surface area contributed by atoms with Crippen LogP contribution in [0.4, 0.5) is 4.79 Å². The zero-order valence-corrected chi connectivity index (χ0v) is 32.5. The molecule has 0 amide bonds. The molecule has 0 aliphatic rings. The van der Waals surface area contributed by atoms with Crippen LogP contribution in [-0.2, 0) is 28.5 Å². The number of rotatable bonds is 29. The molecular formula is C40H76O7. The monoisotopic (exact) mass is 669 g/mol. The first-order chi connectivity index (χ1) is 22.1. The minimum atomic E-state index is -0.714. The molecule has 7 heteroatoms. The fraction of sp³-hybridized carbons (Fsp3) is 0.925. The van der Waals surface area contributed by atoms with E-state index in [1.807, 2.05) is 27.7 Å². The van der Waals surface area contributed by atoms with Crippen LogP contribution in [0.2, 0.25) is 0 Å². The average molecular weight is 669 g/mol. The van der Waals surface area contributed by atoms with Gasteiger partial charge in [0.15, 0.2) is 0 Å². The summed E-state index contributed by atoms with van der Waals surface area (Å²) in [6.07, 6.45) is 16.6. The first-order valence-electron chi connectivity index (χ1n) is 19.4. The van der Waals surface area contributed by atoms with Crippen LogP contribution >= 0.6 is 0 Å². The van der Waals surface area contributed by atoms with Crippen LogP contribution < -0.4 is 0 Å². The molecule has 278 valence electrons. The van der Waals surface area contributed by atoms with Crippen LogP contribution in [0, 0.1) is 11.8 Å². The molecule has 0 fully saturated rings. The van der Waals surface area contributed by atoms with Gasteiger partial charge in [0.1, 0.15) is 23.4 Å². The minimum absolute atomic E-state index is 0.193. The van der Waals surface area contributed by atoms with Crippen molar-refractivity contribution >= 4 is 18.1 Å². The van der Waals surface area contributed by atoms with Crippen molar-refractivity contribution in [1.82, 2.24) is 0 Å². The Morgan fingerprint density at radius 2 is 0.851 bits per heavy atom. The molecule has 0 radical (unpaired) electrons. The summed E-state index contributed by atoms with van der Waals surface area (Å²) in [5.74, 6) is 0.730. The Hall–Kier alpha value is -1.79. The minimum Gasteiger partial charge on any atom is -0.460 e. The van der Waals surface area contributed by atoms with Crippen molar-refractivity contribution in [2.45, 2.75) is 227 Å². The lowest BCUT2D eigenvalue weighted by atomic mass is 9.97. The van der Waals surface area contributed by atoms with Gasteiger partial charge in [0.05, 0.1) is 0 Å². The number of carbonyl (C=O) groups excluding carboxylic acids is 3. The second-order valence-corrected chi connectivity index (χ2v) is 15.9. The molecule has 0 bridgehead atoms. The number of ether oxygens (including phenoxy) is 4. The number of unbranched alkanes of at least 4 members (excludes halogenated alkanes) is 7. The van der Waals surface area contributed by atoms with E-state index in [9.17, 15) is 14.4 Å². The highest BCUT2D eigenvalue weighted by Gasteiger charge is 2.27. The quantitative estimate of drug-likeness (QED) is 0.0445. The van der Waals surface area contributed by atoms with Crippen LogP contribution in [0.25, 0.3) is 0 Å². The summed E-state index contributed by atoms with van der Waals surface area (Å²) >= 11 is 0. The Morgan fingerprint density at radius 1 is 0.489 bits per heavy atom. The fourth-order valence-corrected chi connectivity index (χ4v) is 5.85. The molecule has 0 heterocycles. The van der Waals surface area contributed by atoms with Gasteiger partial charge in [-0.15, -0.1) is 0 Å². The Morgan fingerprint density at radius 3 is 1.21 bits per heavy atom. The predicted molar refractivity (Wildman–Crippen MR) is 193 cm³/mol. The molecule has 2 unspecified atom stereocenters. The molecule has 47 heavy (non-hydrogen) atoms. The molecule has 0 aromatic rings. The third-order valence-corrected chi connectivity index (χ3v) is 8.78. The second-order valence-electron chi connectivity index (χ2n) is 15.9. The van der Waals surface area contributed by atoms with Crippen LogP contribution in [-0.4, -0.2) is 41.5 Å². The summed E-state index contributed by atoms with van der Waals surface area (Å²) in [7, 11) is 0. The topological polar surface area (TPSA) is 88.1 Å². The maximum Gasteiger partial charge on any atom is 0.508 e. The number of esters is 2. The molecule has 0 rings (SSSR count). The van der Waals surface area contributed by atoms with Crippen LogP contribution in [0.15, 0.2) is 0 Å². The van der Waals surface area contributed by atoms with Gasteiger partial charge < -0.3 is 18.9 Å². The van der Waals surface area contributed by atoms with E-state index >= 15 is 0 Å². The third-order valence-electron chi connectivity index (χ3n) is 8.78. The molecule has 0 spiro atoms. The van der Waals surface area contributed by atoms with E-state index in [0.717, 1.165) is 89.9 Å². The summed E-state index contributed by atoms with van der Waals surface area (Å²) in [4.78, 5) is 38.7. The van der Waals surface area contributed by atoms with Crippen molar-refractivity contribution in [2.24, 2.45) is 11.8 Å². The first-order valence-corrected chi connectivity index (χ1v) is 19.4. The maximum absolute atomic E-state index is 13.1. The van der Waals surface area contributed by atoms with Gasteiger partial charge in [-0.2, -0.15) is 0 Å². The number of hydrogen-bond donors (Lipinski definition) is 0. The molecule has 0 saturated heterocycles. The van der Waals surface area contributed by atoms with E-state index in [2.05, 4.69) is 41.5 Å². The highest BCUT2D eigenvalue weighted by atomic mass is 16.7. The first kappa shape index (κ1) is 45.2. The third kappa shape index (κ3) is 27.8. The Kier molecular flexibility index (Phi) is 25.1. The Balaban J connectivity index is 5.21. The van der Waals surface area contributed by atoms with Gasteiger partial charge in [0.2, 0.25) is 0 Å². The van der Waals surface area contributed by atoms with Gasteiger partial charge in [-0.3, -0.25) is 9.59 Å². The normalized spacial score (nSPS) is 13.4. The van der Waals surface area contributed by atoms with Crippen molar-refractivity contribution in [3.8, 4) is 0 Å². The largest absolute Gasteiger partial charge is 0.508 e. The summed E-state index contributed by atoms with van der Waals surface area (Å²) in [5, 5.41) is 0. The smallest absolute Gasteiger partial charge is 0.460 e.